The first kappa shape index (κ1) is 18.8. The van der Waals surface area contributed by atoms with E-state index in [9.17, 15) is 9.59 Å². The first-order valence-corrected chi connectivity index (χ1v) is 9.15. The molecule has 3 amide bonds. The Hall–Kier alpha value is -3.02. The summed E-state index contributed by atoms with van der Waals surface area (Å²) in [5.41, 5.74) is 3.31. The number of rotatable bonds is 4. The van der Waals surface area contributed by atoms with E-state index in [1.807, 2.05) is 49.1 Å². The van der Waals surface area contributed by atoms with Crippen molar-refractivity contribution in [2.45, 2.75) is 26.7 Å². The third-order valence-corrected chi connectivity index (χ3v) is 4.57. The minimum Gasteiger partial charge on any atom is -0.495 e. The van der Waals surface area contributed by atoms with E-state index in [1.54, 1.807) is 19.2 Å². The highest BCUT2D eigenvalue weighted by Crippen LogP contribution is 2.31. The lowest BCUT2D eigenvalue weighted by atomic mass is 9.99. The normalized spacial score (nSPS) is 13.1. The molecule has 0 bridgehead atoms. The molecule has 0 fully saturated rings. The lowest BCUT2D eigenvalue weighted by molar-refractivity contribution is -0.121. The SMILES string of the molecule is COc1ccccc1NC(=O)Nc1ccc2c(c1)CCCN2C(=O)C(C)C. The number of ether oxygens (including phenoxy) is 1. The van der Waals surface area contributed by atoms with Crippen molar-refractivity contribution < 1.29 is 14.3 Å². The van der Waals surface area contributed by atoms with E-state index < -0.39 is 0 Å². The molecule has 6 heteroatoms. The first-order valence-electron chi connectivity index (χ1n) is 9.15. The number of anilines is 3. The summed E-state index contributed by atoms with van der Waals surface area (Å²) in [7, 11) is 1.56. The average Bonchev–Trinajstić information content (AvgIpc) is 2.67. The summed E-state index contributed by atoms with van der Waals surface area (Å²) >= 11 is 0. The molecule has 2 N–H and O–H groups in total. The van der Waals surface area contributed by atoms with Gasteiger partial charge in [0.05, 0.1) is 12.8 Å². The second kappa shape index (κ2) is 8.12. The Labute approximate surface area is 159 Å². The van der Waals surface area contributed by atoms with Gasteiger partial charge in [-0.3, -0.25) is 4.79 Å². The summed E-state index contributed by atoms with van der Waals surface area (Å²) in [4.78, 5) is 26.6. The van der Waals surface area contributed by atoms with Crippen LogP contribution in [0.5, 0.6) is 5.75 Å². The van der Waals surface area contributed by atoms with Crippen LogP contribution in [0.3, 0.4) is 0 Å². The van der Waals surface area contributed by atoms with Gasteiger partial charge in [-0.15, -0.1) is 0 Å². The number of aryl methyl sites for hydroxylation is 1. The van der Waals surface area contributed by atoms with Gasteiger partial charge >= 0.3 is 6.03 Å². The van der Waals surface area contributed by atoms with E-state index in [-0.39, 0.29) is 17.9 Å². The lowest BCUT2D eigenvalue weighted by Gasteiger charge is -2.31. The van der Waals surface area contributed by atoms with Crippen LogP contribution >= 0.6 is 0 Å². The second-order valence-corrected chi connectivity index (χ2v) is 6.87. The summed E-state index contributed by atoms with van der Waals surface area (Å²) in [6, 6.07) is 12.6. The maximum Gasteiger partial charge on any atom is 0.323 e. The number of carbonyl (C=O) groups excluding carboxylic acids is 2. The van der Waals surface area contributed by atoms with Crippen molar-refractivity contribution in [2.24, 2.45) is 5.92 Å². The number of para-hydroxylation sites is 2. The summed E-state index contributed by atoms with van der Waals surface area (Å²) in [5.74, 6) is 0.687. The van der Waals surface area contributed by atoms with Crippen LogP contribution in [0.2, 0.25) is 0 Å². The molecule has 142 valence electrons. The number of hydrogen-bond donors (Lipinski definition) is 2. The highest BCUT2D eigenvalue weighted by molar-refractivity contribution is 6.01. The van der Waals surface area contributed by atoms with Gasteiger partial charge in [0.2, 0.25) is 5.91 Å². The minimum absolute atomic E-state index is 0.0413. The van der Waals surface area contributed by atoms with Crippen LogP contribution in [-0.4, -0.2) is 25.6 Å². The van der Waals surface area contributed by atoms with E-state index in [4.69, 9.17) is 4.74 Å². The summed E-state index contributed by atoms with van der Waals surface area (Å²) in [5, 5.41) is 5.64. The number of nitrogens with zero attached hydrogens (tertiary/aromatic N) is 1. The number of urea groups is 1. The molecule has 0 atom stereocenters. The van der Waals surface area contributed by atoms with Crippen LogP contribution in [0.15, 0.2) is 42.5 Å². The average molecular weight is 367 g/mol. The Bertz CT molecular complexity index is 848. The monoisotopic (exact) mass is 367 g/mol. The van der Waals surface area contributed by atoms with Gasteiger partial charge in [0.25, 0.3) is 0 Å². The van der Waals surface area contributed by atoms with Gasteiger partial charge in [-0.1, -0.05) is 26.0 Å². The van der Waals surface area contributed by atoms with Crippen LogP contribution in [0.25, 0.3) is 0 Å². The largest absolute Gasteiger partial charge is 0.495 e. The van der Waals surface area contributed by atoms with Gasteiger partial charge in [0.1, 0.15) is 5.75 Å². The van der Waals surface area contributed by atoms with Gasteiger partial charge in [-0.25, -0.2) is 4.79 Å². The molecule has 2 aromatic carbocycles. The Balaban J connectivity index is 1.73. The molecular weight excluding hydrogens is 342 g/mol. The quantitative estimate of drug-likeness (QED) is 0.847. The number of nitrogens with one attached hydrogen (secondary N) is 2. The van der Waals surface area contributed by atoms with Crippen LogP contribution < -0.4 is 20.3 Å². The zero-order valence-corrected chi connectivity index (χ0v) is 15.9. The molecule has 0 aliphatic carbocycles. The Morgan fingerprint density at radius 3 is 2.63 bits per heavy atom. The van der Waals surface area contributed by atoms with Crippen molar-refractivity contribution in [1.29, 1.82) is 0 Å². The summed E-state index contributed by atoms with van der Waals surface area (Å²) in [6.07, 6.45) is 1.81. The third-order valence-electron chi connectivity index (χ3n) is 4.57. The van der Waals surface area contributed by atoms with Crippen LogP contribution in [0, 0.1) is 5.92 Å². The molecule has 27 heavy (non-hydrogen) atoms. The van der Waals surface area contributed by atoms with E-state index in [1.165, 1.54) is 0 Å². The van der Waals surface area contributed by atoms with Gasteiger partial charge in [-0.2, -0.15) is 0 Å². The van der Waals surface area contributed by atoms with Crippen LogP contribution in [0.4, 0.5) is 21.9 Å². The van der Waals surface area contributed by atoms with E-state index >= 15 is 0 Å². The predicted octanol–water partition coefficient (Wildman–Crippen LogP) is 4.27. The van der Waals surface area contributed by atoms with Gasteiger partial charge in [0.15, 0.2) is 0 Å². The molecule has 2 aromatic rings. The highest BCUT2D eigenvalue weighted by Gasteiger charge is 2.24. The number of methoxy groups -OCH3 is 1. The number of hydrogen-bond acceptors (Lipinski definition) is 3. The molecule has 0 unspecified atom stereocenters. The van der Waals surface area contributed by atoms with Gasteiger partial charge < -0.3 is 20.3 Å². The minimum atomic E-state index is -0.342. The van der Waals surface area contributed by atoms with E-state index in [0.717, 1.165) is 30.6 Å². The number of amides is 3. The standard InChI is InChI=1S/C21H25N3O3/c1-14(2)20(25)24-12-6-7-15-13-16(10-11-18(15)24)22-21(26)23-17-8-4-5-9-19(17)27-3/h4-5,8-11,13-14H,6-7,12H2,1-3H3,(H2,22,23,26). The molecule has 1 aliphatic rings. The Kier molecular flexibility index (Phi) is 5.64. The molecule has 0 saturated heterocycles. The zero-order chi connectivity index (χ0) is 19.4. The highest BCUT2D eigenvalue weighted by atomic mass is 16.5. The van der Waals surface area contributed by atoms with E-state index in [2.05, 4.69) is 10.6 Å². The fourth-order valence-electron chi connectivity index (χ4n) is 3.25. The summed E-state index contributed by atoms with van der Waals surface area (Å²) in [6.45, 7) is 4.56. The van der Waals surface area contributed by atoms with Gasteiger partial charge in [-0.05, 0) is 48.7 Å². The van der Waals surface area contributed by atoms with Crippen molar-refractivity contribution in [3.8, 4) is 5.75 Å². The van der Waals surface area contributed by atoms with Crippen molar-refractivity contribution in [3.05, 3.63) is 48.0 Å². The van der Waals surface area contributed by atoms with E-state index in [0.29, 0.717) is 17.1 Å². The number of benzene rings is 2. The molecule has 0 aromatic heterocycles. The Morgan fingerprint density at radius 1 is 1.11 bits per heavy atom. The van der Waals surface area contributed by atoms with Gasteiger partial charge in [0, 0.05) is 23.8 Å². The maximum atomic E-state index is 12.4. The molecule has 0 saturated carbocycles. The first-order chi connectivity index (χ1) is 13.0. The lowest BCUT2D eigenvalue weighted by Crippen LogP contribution is -2.38. The van der Waals surface area contributed by atoms with Crippen molar-refractivity contribution in [3.63, 3.8) is 0 Å². The molecule has 0 spiro atoms. The fourth-order valence-corrected chi connectivity index (χ4v) is 3.25. The third kappa shape index (κ3) is 4.22. The van der Waals surface area contributed by atoms with Crippen molar-refractivity contribution in [1.82, 2.24) is 0 Å². The van der Waals surface area contributed by atoms with Crippen LogP contribution in [-0.2, 0) is 11.2 Å². The molecule has 1 heterocycles. The molecule has 3 rings (SSSR count). The topological polar surface area (TPSA) is 70.7 Å². The molecular formula is C21H25N3O3. The fraction of sp³-hybridized carbons (Fsp3) is 0.333. The van der Waals surface area contributed by atoms with Crippen LogP contribution in [0.1, 0.15) is 25.8 Å². The zero-order valence-electron chi connectivity index (χ0n) is 15.9. The Morgan fingerprint density at radius 2 is 1.89 bits per heavy atom. The van der Waals surface area contributed by atoms with Crippen molar-refractivity contribution in [2.75, 3.05) is 29.2 Å². The predicted molar refractivity (Wildman–Crippen MR) is 108 cm³/mol. The summed E-state index contributed by atoms with van der Waals surface area (Å²) < 4.78 is 5.24. The molecule has 6 nitrogen and oxygen atoms in total. The number of fused-ring (bicyclic) bond motifs is 1. The number of carbonyl (C=O) groups is 2. The smallest absolute Gasteiger partial charge is 0.323 e. The second-order valence-electron chi connectivity index (χ2n) is 6.87. The molecule has 0 radical (unpaired) electrons. The molecule has 1 aliphatic heterocycles. The van der Waals surface area contributed by atoms with Crippen molar-refractivity contribution >= 4 is 29.0 Å². The maximum absolute atomic E-state index is 12.4.